The fraction of sp³-hybridized carbons (Fsp3) is 0.250. The summed E-state index contributed by atoms with van der Waals surface area (Å²) in [5, 5.41) is 14.0. The fourth-order valence-electron chi connectivity index (χ4n) is 3.10. The van der Waals surface area contributed by atoms with E-state index in [1.54, 1.807) is 0 Å². The first-order valence-electron chi connectivity index (χ1n) is 9.50. The van der Waals surface area contributed by atoms with Gasteiger partial charge in [-0.1, -0.05) is 67.6 Å². The molecular weight excluding hydrogens is 334 g/mol. The van der Waals surface area contributed by atoms with Gasteiger partial charge in [-0.2, -0.15) is 0 Å². The Labute approximate surface area is 161 Å². The number of aliphatic hydroxyl groups excluding tert-OH is 1. The molecule has 0 aromatic heterocycles. The first-order chi connectivity index (χ1) is 13.3. The molecule has 0 bridgehead atoms. The first kappa shape index (κ1) is 19.0. The van der Waals surface area contributed by atoms with E-state index in [4.69, 9.17) is 4.74 Å². The number of para-hydroxylation sites is 1. The Morgan fingerprint density at radius 3 is 2.30 bits per heavy atom. The highest BCUT2D eigenvalue weighted by Gasteiger charge is 2.21. The molecule has 27 heavy (non-hydrogen) atoms. The second-order valence-electron chi connectivity index (χ2n) is 6.67. The summed E-state index contributed by atoms with van der Waals surface area (Å²) in [6, 6.07) is 28.3. The van der Waals surface area contributed by atoms with Gasteiger partial charge >= 0.3 is 0 Å². The molecule has 3 nitrogen and oxygen atoms in total. The number of aliphatic hydroxyl groups is 1. The number of hydrogen-bond donors (Lipinski definition) is 2. The van der Waals surface area contributed by atoms with E-state index in [-0.39, 0.29) is 5.92 Å². The van der Waals surface area contributed by atoms with Crippen LogP contribution in [0.25, 0.3) is 0 Å². The molecule has 3 aromatic rings. The van der Waals surface area contributed by atoms with Gasteiger partial charge in [0.25, 0.3) is 0 Å². The molecule has 0 aliphatic rings. The maximum atomic E-state index is 10.5. The summed E-state index contributed by atoms with van der Waals surface area (Å²) < 4.78 is 5.93. The Morgan fingerprint density at radius 2 is 1.59 bits per heavy atom. The van der Waals surface area contributed by atoms with E-state index in [0.717, 1.165) is 23.5 Å². The van der Waals surface area contributed by atoms with Gasteiger partial charge in [0.05, 0.1) is 12.7 Å². The number of benzene rings is 3. The third-order valence-corrected chi connectivity index (χ3v) is 4.71. The van der Waals surface area contributed by atoms with E-state index < -0.39 is 6.10 Å². The van der Waals surface area contributed by atoms with Crippen LogP contribution >= 0.6 is 0 Å². The van der Waals surface area contributed by atoms with Crippen molar-refractivity contribution < 1.29 is 9.84 Å². The van der Waals surface area contributed by atoms with Gasteiger partial charge < -0.3 is 15.2 Å². The largest absolute Gasteiger partial charge is 0.493 e. The Kier molecular flexibility index (Phi) is 6.89. The number of hydrogen-bond acceptors (Lipinski definition) is 3. The fourth-order valence-corrected chi connectivity index (χ4v) is 3.10. The molecule has 2 unspecified atom stereocenters. The predicted octanol–water partition coefficient (Wildman–Crippen LogP) is 5.23. The van der Waals surface area contributed by atoms with Gasteiger partial charge in [0.2, 0.25) is 0 Å². The maximum absolute atomic E-state index is 10.5. The Hall–Kier alpha value is -2.78. The lowest BCUT2D eigenvalue weighted by molar-refractivity contribution is 0.110. The minimum Gasteiger partial charge on any atom is -0.493 e. The Balaban J connectivity index is 1.70. The molecule has 0 aliphatic carbocycles. The molecule has 2 atom stereocenters. The maximum Gasteiger partial charge on any atom is 0.119 e. The Morgan fingerprint density at radius 1 is 0.889 bits per heavy atom. The number of rotatable bonds is 9. The summed E-state index contributed by atoms with van der Waals surface area (Å²) in [6.45, 7) is 3.21. The minimum absolute atomic E-state index is 0.0753. The van der Waals surface area contributed by atoms with Crippen molar-refractivity contribution in [3.05, 3.63) is 96.1 Å². The molecule has 2 N–H and O–H groups in total. The van der Waals surface area contributed by atoms with E-state index in [1.807, 2.05) is 61.5 Å². The lowest BCUT2D eigenvalue weighted by Gasteiger charge is -2.23. The second-order valence-corrected chi connectivity index (χ2v) is 6.67. The molecule has 0 radical (unpaired) electrons. The van der Waals surface area contributed by atoms with Crippen LogP contribution in [0, 0.1) is 0 Å². The highest BCUT2D eigenvalue weighted by Crippen LogP contribution is 2.26. The van der Waals surface area contributed by atoms with E-state index >= 15 is 0 Å². The van der Waals surface area contributed by atoms with Crippen LogP contribution in [0.15, 0.2) is 84.9 Å². The summed E-state index contributed by atoms with van der Waals surface area (Å²) in [5.41, 5.74) is 3.36. The van der Waals surface area contributed by atoms with Crippen LogP contribution in [0.4, 0.5) is 5.69 Å². The SMILES string of the molecule is CCC(O)C(COc1ccccc1)c1cccc(NCc2ccccc2)c1. The summed E-state index contributed by atoms with van der Waals surface area (Å²) in [7, 11) is 0. The van der Waals surface area contributed by atoms with Crippen LogP contribution in [0.3, 0.4) is 0 Å². The van der Waals surface area contributed by atoms with Gasteiger partial charge in [-0.3, -0.25) is 0 Å². The molecule has 0 heterocycles. The van der Waals surface area contributed by atoms with Crippen molar-refractivity contribution in [1.29, 1.82) is 0 Å². The lowest BCUT2D eigenvalue weighted by Crippen LogP contribution is -2.24. The lowest BCUT2D eigenvalue weighted by atomic mass is 9.92. The molecule has 0 saturated heterocycles. The molecule has 140 valence electrons. The quantitative estimate of drug-likeness (QED) is 0.548. The zero-order valence-corrected chi connectivity index (χ0v) is 15.7. The monoisotopic (exact) mass is 361 g/mol. The van der Waals surface area contributed by atoms with Crippen LogP contribution in [-0.2, 0) is 6.54 Å². The van der Waals surface area contributed by atoms with Gasteiger partial charge in [-0.05, 0) is 41.8 Å². The average Bonchev–Trinajstić information content (AvgIpc) is 2.74. The molecule has 3 rings (SSSR count). The third kappa shape index (κ3) is 5.60. The van der Waals surface area contributed by atoms with Crippen LogP contribution < -0.4 is 10.1 Å². The highest BCUT2D eigenvalue weighted by atomic mass is 16.5. The van der Waals surface area contributed by atoms with Crippen molar-refractivity contribution in [2.24, 2.45) is 0 Å². The summed E-state index contributed by atoms with van der Waals surface area (Å²) >= 11 is 0. The van der Waals surface area contributed by atoms with Crippen LogP contribution in [0.2, 0.25) is 0 Å². The molecular formula is C24H27NO2. The van der Waals surface area contributed by atoms with Crippen molar-refractivity contribution in [1.82, 2.24) is 0 Å². The van der Waals surface area contributed by atoms with Gasteiger partial charge in [0.1, 0.15) is 5.75 Å². The molecule has 0 fully saturated rings. The summed E-state index contributed by atoms with van der Waals surface area (Å²) in [5.74, 6) is 0.748. The van der Waals surface area contributed by atoms with Gasteiger partial charge in [0.15, 0.2) is 0 Å². The molecule has 3 heteroatoms. The highest BCUT2D eigenvalue weighted by molar-refractivity contribution is 5.47. The number of nitrogens with one attached hydrogen (secondary N) is 1. The van der Waals surface area contributed by atoms with Gasteiger partial charge in [-0.15, -0.1) is 0 Å². The normalized spacial score (nSPS) is 13.0. The molecule has 0 spiro atoms. The second kappa shape index (κ2) is 9.79. The molecule has 3 aromatic carbocycles. The topological polar surface area (TPSA) is 41.5 Å². The van der Waals surface area contributed by atoms with E-state index in [2.05, 4.69) is 35.6 Å². The minimum atomic E-state index is -0.446. The average molecular weight is 361 g/mol. The Bertz CT molecular complexity index is 805. The van der Waals surface area contributed by atoms with Gasteiger partial charge in [-0.25, -0.2) is 0 Å². The molecule has 0 aliphatic heterocycles. The van der Waals surface area contributed by atoms with Crippen LogP contribution in [0.5, 0.6) is 5.75 Å². The third-order valence-electron chi connectivity index (χ3n) is 4.71. The smallest absolute Gasteiger partial charge is 0.119 e. The molecule has 0 saturated carbocycles. The number of ether oxygens (including phenoxy) is 1. The van der Waals surface area contributed by atoms with Gasteiger partial charge in [0, 0.05) is 18.2 Å². The zero-order valence-electron chi connectivity index (χ0n) is 15.7. The predicted molar refractivity (Wildman–Crippen MR) is 111 cm³/mol. The van der Waals surface area contributed by atoms with Crippen molar-refractivity contribution >= 4 is 5.69 Å². The van der Waals surface area contributed by atoms with Crippen molar-refractivity contribution in [3.8, 4) is 5.75 Å². The molecule has 0 amide bonds. The summed E-state index contributed by atoms with van der Waals surface area (Å²) in [6.07, 6.45) is 0.239. The van der Waals surface area contributed by atoms with Crippen molar-refractivity contribution in [3.63, 3.8) is 0 Å². The zero-order chi connectivity index (χ0) is 18.9. The van der Waals surface area contributed by atoms with Crippen molar-refractivity contribution in [2.75, 3.05) is 11.9 Å². The van der Waals surface area contributed by atoms with E-state index in [0.29, 0.717) is 13.0 Å². The van der Waals surface area contributed by atoms with Crippen LogP contribution in [0.1, 0.15) is 30.4 Å². The number of anilines is 1. The first-order valence-corrected chi connectivity index (χ1v) is 9.50. The summed E-state index contributed by atoms with van der Waals surface area (Å²) in [4.78, 5) is 0. The van der Waals surface area contributed by atoms with Crippen LogP contribution in [-0.4, -0.2) is 17.8 Å². The van der Waals surface area contributed by atoms with E-state index in [1.165, 1.54) is 5.56 Å². The van der Waals surface area contributed by atoms with E-state index in [9.17, 15) is 5.11 Å². The standard InChI is InChI=1S/C24H27NO2/c1-2-24(26)23(18-27-22-14-7-4-8-15-22)20-12-9-13-21(16-20)25-17-19-10-5-3-6-11-19/h3-16,23-26H,2,17-18H2,1H3. The van der Waals surface area contributed by atoms with Crippen molar-refractivity contribution in [2.45, 2.75) is 31.9 Å².